The highest BCUT2D eigenvalue weighted by Gasteiger charge is 2.13. The molecule has 0 unspecified atom stereocenters. The second-order valence-electron chi connectivity index (χ2n) is 5.29. The number of para-hydroxylation sites is 1. The normalized spacial score (nSPS) is 10.4. The van der Waals surface area contributed by atoms with Crippen LogP contribution in [0.3, 0.4) is 0 Å². The molecule has 0 saturated carbocycles. The SMILES string of the molecule is O=C(Nc1ccc(Cl)cc1Cl)c1ccccc1NSc1cccc(F)c1. The van der Waals surface area contributed by atoms with Gasteiger partial charge in [0.15, 0.2) is 0 Å². The van der Waals surface area contributed by atoms with Gasteiger partial charge in [-0.3, -0.25) is 4.79 Å². The smallest absolute Gasteiger partial charge is 0.257 e. The van der Waals surface area contributed by atoms with Crippen LogP contribution in [-0.4, -0.2) is 5.91 Å². The topological polar surface area (TPSA) is 41.1 Å². The summed E-state index contributed by atoms with van der Waals surface area (Å²) in [6.45, 7) is 0. The first-order valence-electron chi connectivity index (χ1n) is 7.57. The van der Waals surface area contributed by atoms with E-state index in [9.17, 15) is 9.18 Å². The van der Waals surface area contributed by atoms with Crippen LogP contribution in [0.15, 0.2) is 71.6 Å². The van der Waals surface area contributed by atoms with Crippen molar-refractivity contribution in [2.45, 2.75) is 4.90 Å². The lowest BCUT2D eigenvalue weighted by Crippen LogP contribution is -2.13. The van der Waals surface area contributed by atoms with E-state index in [4.69, 9.17) is 23.2 Å². The van der Waals surface area contributed by atoms with Gasteiger partial charge in [-0.25, -0.2) is 4.39 Å². The zero-order chi connectivity index (χ0) is 18.5. The Morgan fingerprint density at radius 3 is 2.50 bits per heavy atom. The maximum atomic E-state index is 13.3. The average molecular weight is 407 g/mol. The van der Waals surface area contributed by atoms with E-state index >= 15 is 0 Å². The number of carbonyl (C=O) groups excluding carboxylic acids is 1. The summed E-state index contributed by atoms with van der Waals surface area (Å²) in [5.74, 6) is -0.641. The lowest BCUT2D eigenvalue weighted by atomic mass is 10.1. The Hall–Kier alpha value is -2.21. The number of hydrogen-bond acceptors (Lipinski definition) is 3. The summed E-state index contributed by atoms with van der Waals surface area (Å²) >= 11 is 13.2. The van der Waals surface area contributed by atoms with E-state index in [1.54, 1.807) is 54.6 Å². The summed E-state index contributed by atoms with van der Waals surface area (Å²) in [6.07, 6.45) is 0. The van der Waals surface area contributed by atoms with E-state index in [-0.39, 0.29) is 11.7 Å². The average Bonchev–Trinajstić information content (AvgIpc) is 2.62. The van der Waals surface area contributed by atoms with E-state index in [0.29, 0.717) is 31.9 Å². The molecule has 0 aliphatic rings. The quantitative estimate of drug-likeness (QED) is 0.474. The second-order valence-corrected chi connectivity index (χ2v) is 7.01. The molecule has 132 valence electrons. The van der Waals surface area contributed by atoms with Crippen molar-refractivity contribution in [3.05, 3.63) is 88.2 Å². The molecule has 0 saturated heterocycles. The molecule has 3 nitrogen and oxygen atoms in total. The van der Waals surface area contributed by atoms with Crippen molar-refractivity contribution in [1.82, 2.24) is 0 Å². The fraction of sp³-hybridized carbons (Fsp3) is 0. The van der Waals surface area contributed by atoms with E-state index in [2.05, 4.69) is 10.0 Å². The molecule has 1 amide bonds. The molecule has 0 radical (unpaired) electrons. The molecule has 26 heavy (non-hydrogen) atoms. The van der Waals surface area contributed by atoms with Crippen molar-refractivity contribution in [1.29, 1.82) is 0 Å². The highest BCUT2D eigenvalue weighted by Crippen LogP contribution is 2.28. The molecule has 7 heteroatoms. The van der Waals surface area contributed by atoms with Crippen molar-refractivity contribution in [3.63, 3.8) is 0 Å². The number of carbonyl (C=O) groups is 1. The Balaban J connectivity index is 1.76. The Bertz CT molecular complexity index is 952. The van der Waals surface area contributed by atoms with Gasteiger partial charge in [0.2, 0.25) is 0 Å². The van der Waals surface area contributed by atoms with Crippen molar-refractivity contribution in [3.8, 4) is 0 Å². The zero-order valence-electron chi connectivity index (χ0n) is 13.3. The molecule has 0 aliphatic heterocycles. The van der Waals surface area contributed by atoms with Crippen LogP contribution < -0.4 is 10.0 Å². The Morgan fingerprint density at radius 2 is 1.73 bits per heavy atom. The van der Waals surface area contributed by atoms with Crippen LogP contribution in [0.1, 0.15) is 10.4 Å². The predicted molar refractivity (Wildman–Crippen MR) is 107 cm³/mol. The van der Waals surface area contributed by atoms with Gasteiger partial charge >= 0.3 is 0 Å². The van der Waals surface area contributed by atoms with Crippen LogP contribution in [0.25, 0.3) is 0 Å². The van der Waals surface area contributed by atoms with Crippen molar-refractivity contribution >= 4 is 52.4 Å². The molecular weight excluding hydrogens is 394 g/mol. The Kier molecular flexibility index (Phi) is 6.04. The lowest BCUT2D eigenvalue weighted by molar-refractivity contribution is 0.102. The van der Waals surface area contributed by atoms with Gasteiger partial charge in [-0.1, -0.05) is 41.4 Å². The maximum Gasteiger partial charge on any atom is 0.257 e. The third kappa shape index (κ3) is 4.69. The van der Waals surface area contributed by atoms with Gasteiger partial charge in [-0.05, 0) is 60.5 Å². The first-order chi connectivity index (χ1) is 12.5. The minimum absolute atomic E-state index is 0.319. The fourth-order valence-electron chi connectivity index (χ4n) is 2.20. The number of halogens is 3. The summed E-state index contributed by atoms with van der Waals surface area (Å²) in [5, 5.41) is 3.60. The van der Waals surface area contributed by atoms with Gasteiger partial charge in [0.05, 0.1) is 22.0 Å². The lowest BCUT2D eigenvalue weighted by Gasteiger charge is -2.12. The predicted octanol–water partition coefficient (Wildman–Crippen LogP) is 6.50. The van der Waals surface area contributed by atoms with Crippen LogP contribution >= 0.6 is 35.1 Å². The first kappa shape index (κ1) is 18.6. The molecule has 0 aliphatic carbocycles. The van der Waals surface area contributed by atoms with Crippen LogP contribution in [-0.2, 0) is 0 Å². The minimum atomic E-state index is -0.322. The molecule has 2 N–H and O–H groups in total. The molecule has 0 spiro atoms. The van der Waals surface area contributed by atoms with E-state index in [0.717, 1.165) is 0 Å². The summed E-state index contributed by atoms with van der Waals surface area (Å²) in [4.78, 5) is 13.3. The molecule has 3 rings (SSSR count). The first-order valence-corrected chi connectivity index (χ1v) is 9.14. The summed E-state index contributed by atoms with van der Waals surface area (Å²) in [6, 6.07) is 18.1. The number of rotatable bonds is 5. The fourth-order valence-corrected chi connectivity index (χ4v) is 3.37. The zero-order valence-corrected chi connectivity index (χ0v) is 15.6. The Labute approximate surface area is 164 Å². The third-order valence-electron chi connectivity index (χ3n) is 3.43. The van der Waals surface area contributed by atoms with Crippen LogP contribution in [0, 0.1) is 5.82 Å². The Morgan fingerprint density at radius 1 is 0.923 bits per heavy atom. The van der Waals surface area contributed by atoms with Gasteiger partial charge < -0.3 is 10.0 Å². The van der Waals surface area contributed by atoms with E-state index < -0.39 is 0 Å². The van der Waals surface area contributed by atoms with Crippen LogP contribution in [0.4, 0.5) is 15.8 Å². The van der Waals surface area contributed by atoms with Gasteiger partial charge in [-0.2, -0.15) is 0 Å². The van der Waals surface area contributed by atoms with Crippen molar-refractivity contribution in [2.24, 2.45) is 0 Å². The number of benzene rings is 3. The molecule has 0 fully saturated rings. The van der Waals surface area contributed by atoms with E-state index in [1.165, 1.54) is 24.1 Å². The number of anilines is 2. The number of hydrogen-bond donors (Lipinski definition) is 2. The molecule has 3 aromatic carbocycles. The molecule has 0 bridgehead atoms. The van der Waals surface area contributed by atoms with Crippen LogP contribution in [0.2, 0.25) is 10.0 Å². The summed E-state index contributed by atoms with van der Waals surface area (Å²) < 4.78 is 16.4. The molecule has 0 atom stereocenters. The van der Waals surface area contributed by atoms with Gasteiger partial charge in [-0.15, -0.1) is 0 Å². The van der Waals surface area contributed by atoms with Crippen LogP contribution in [0.5, 0.6) is 0 Å². The number of amides is 1. The van der Waals surface area contributed by atoms with Crippen molar-refractivity contribution < 1.29 is 9.18 Å². The molecular formula is C19H13Cl2FN2OS. The number of nitrogens with one attached hydrogen (secondary N) is 2. The second kappa shape index (κ2) is 8.45. The monoisotopic (exact) mass is 406 g/mol. The highest BCUT2D eigenvalue weighted by atomic mass is 35.5. The minimum Gasteiger partial charge on any atom is -0.325 e. The summed E-state index contributed by atoms with van der Waals surface area (Å²) in [5.41, 5.74) is 1.50. The van der Waals surface area contributed by atoms with Gasteiger partial charge in [0.25, 0.3) is 5.91 Å². The molecule has 0 aromatic heterocycles. The highest BCUT2D eigenvalue weighted by molar-refractivity contribution is 8.00. The van der Waals surface area contributed by atoms with E-state index in [1.807, 2.05) is 0 Å². The molecule has 0 heterocycles. The molecule has 3 aromatic rings. The summed E-state index contributed by atoms with van der Waals surface area (Å²) in [7, 11) is 0. The largest absolute Gasteiger partial charge is 0.325 e. The standard InChI is InChI=1S/C19H13Cl2FN2OS/c20-12-8-9-18(16(21)10-12)23-19(25)15-6-1-2-7-17(15)24-26-14-5-3-4-13(22)11-14/h1-11,24H,(H,23,25). The maximum absolute atomic E-state index is 13.3. The van der Waals surface area contributed by atoms with Gasteiger partial charge in [0.1, 0.15) is 5.82 Å². The van der Waals surface area contributed by atoms with Crippen molar-refractivity contribution in [2.75, 3.05) is 10.0 Å². The third-order valence-corrected chi connectivity index (χ3v) is 4.79. The van der Waals surface area contributed by atoms with Gasteiger partial charge in [0, 0.05) is 9.92 Å².